The average molecular weight is 449 g/mol. The molecule has 0 amide bonds. The second-order valence-electron chi connectivity index (χ2n) is 10.8. The zero-order chi connectivity index (χ0) is 23.4. The van der Waals surface area contributed by atoms with Gasteiger partial charge < -0.3 is 19.3 Å². The summed E-state index contributed by atoms with van der Waals surface area (Å²) in [4.78, 5) is 35.3. The van der Waals surface area contributed by atoms with Gasteiger partial charge in [0.15, 0.2) is 0 Å². The van der Waals surface area contributed by atoms with Crippen LogP contribution >= 0.6 is 0 Å². The Balaban J connectivity index is 1.72. The van der Waals surface area contributed by atoms with Crippen LogP contribution < -0.4 is 0 Å². The predicted molar refractivity (Wildman–Crippen MR) is 115 cm³/mol. The fourth-order valence-corrected chi connectivity index (χ4v) is 7.64. The minimum absolute atomic E-state index is 0.101. The Kier molecular flexibility index (Phi) is 5.93. The van der Waals surface area contributed by atoms with Crippen molar-refractivity contribution in [3.8, 4) is 0 Å². The summed E-state index contributed by atoms with van der Waals surface area (Å²) in [5.41, 5.74) is 0.430. The van der Waals surface area contributed by atoms with Crippen LogP contribution in [-0.4, -0.2) is 47.4 Å². The lowest BCUT2D eigenvalue weighted by molar-refractivity contribution is -0.170. The summed E-state index contributed by atoms with van der Waals surface area (Å²) in [6.45, 7) is 8.65. The lowest BCUT2D eigenvalue weighted by atomic mass is 9.47. The lowest BCUT2D eigenvalue weighted by Crippen LogP contribution is -2.58. The SMILES string of the molecule is CC(=O)OC1C=C2[C@@H](O)[C@@H](OC(C)=O)CCC2(C)C2CCC3(C)C(CC[C@@H]3OC(C)=O)C12. The summed E-state index contributed by atoms with van der Waals surface area (Å²) < 4.78 is 17.0. The molecule has 6 unspecified atom stereocenters. The summed E-state index contributed by atoms with van der Waals surface area (Å²) in [5, 5.41) is 11.2. The Morgan fingerprint density at radius 2 is 1.53 bits per heavy atom. The monoisotopic (exact) mass is 448 g/mol. The minimum Gasteiger partial charge on any atom is -0.462 e. The van der Waals surface area contributed by atoms with Gasteiger partial charge in [-0.05, 0) is 67.4 Å². The molecule has 4 aliphatic rings. The number of carbonyl (C=O) groups excluding carboxylic acids is 3. The number of aliphatic hydroxyl groups is 1. The van der Waals surface area contributed by atoms with E-state index in [-0.39, 0.29) is 46.6 Å². The summed E-state index contributed by atoms with van der Waals surface area (Å²) >= 11 is 0. The van der Waals surface area contributed by atoms with Crippen LogP contribution in [0, 0.1) is 28.6 Å². The van der Waals surface area contributed by atoms with E-state index in [1.807, 2.05) is 6.08 Å². The third-order valence-electron chi connectivity index (χ3n) is 8.99. The minimum atomic E-state index is -0.901. The number of esters is 3. The Morgan fingerprint density at radius 1 is 0.875 bits per heavy atom. The molecule has 7 heteroatoms. The zero-order valence-corrected chi connectivity index (χ0v) is 19.8. The quantitative estimate of drug-likeness (QED) is 0.402. The third kappa shape index (κ3) is 3.66. The van der Waals surface area contributed by atoms with Crippen LogP contribution in [0.2, 0.25) is 0 Å². The van der Waals surface area contributed by atoms with Crippen molar-refractivity contribution in [2.45, 2.75) is 97.6 Å². The highest BCUT2D eigenvalue weighted by molar-refractivity contribution is 5.67. The van der Waals surface area contributed by atoms with Gasteiger partial charge in [-0.25, -0.2) is 0 Å². The van der Waals surface area contributed by atoms with Crippen LogP contribution in [0.15, 0.2) is 11.6 Å². The van der Waals surface area contributed by atoms with Gasteiger partial charge in [-0.3, -0.25) is 14.4 Å². The molecule has 0 aliphatic heterocycles. The Bertz CT molecular complexity index is 834. The molecule has 4 rings (SSSR count). The Labute approximate surface area is 189 Å². The van der Waals surface area contributed by atoms with Gasteiger partial charge in [0.1, 0.15) is 24.4 Å². The van der Waals surface area contributed by atoms with Gasteiger partial charge in [-0.1, -0.05) is 13.8 Å². The van der Waals surface area contributed by atoms with Crippen molar-refractivity contribution in [1.82, 2.24) is 0 Å². The zero-order valence-electron chi connectivity index (χ0n) is 19.8. The van der Waals surface area contributed by atoms with Crippen molar-refractivity contribution in [3.63, 3.8) is 0 Å². The molecule has 7 nitrogen and oxygen atoms in total. The summed E-state index contributed by atoms with van der Waals surface area (Å²) in [6.07, 6.45) is 4.88. The van der Waals surface area contributed by atoms with Crippen molar-refractivity contribution in [2.75, 3.05) is 0 Å². The largest absolute Gasteiger partial charge is 0.462 e. The molecule has 0 aromatic heterocycles. The molecule has 3 saturated carbocycles. The van der Waals surface area contributed by atoms with Crippen LogP contribution in [0.4, 0.5) is 0 Å². The first-order chi connectivity index (χ1) is 15.0. The number of hydrogen-bond acceptors (Lipinski definition) is 7. The van der Waals surface area contributed by atoms with E-state index in [2.05, 4.69) is 13.8 Å². The molecule has 3 fully saturated rings. The molecule has 0 bridgehead atoms. The first kappa shape index (κ1) is 23.3. The fraction of sp³-hybridized carbons (Fsp3) is 0.800. The van der Waals surface area contributed by atoms with E-state index in [1.54, 1.807) is 0 Å². The van der Waals surface area contributed by atoms with Crippen LogP contribution in [0.3, 0.4) is 0 Å². The highest BCUT2D eigenvalue weighted by Crippen LogP contribution is 2.65. The molecular formula is C25H36O7. The van der Waals surface area contributed by atoms with Gasteiger partial charge >= 0.3 is 17.9 Å². The van der Waals surface area contributed by atoms with Crippen LogP contribution in [-0.2, 0) is 28.6 Å². The van der Waals surface area contributed by atoms with Crippen molar-refractivity contribution in [2.24, 2.45) is 28.6 Å². The molecule has 0 aromatic carbocycles. The van der Waals surface area contributed by atoms with E-state index in [0.29, 0.717) is 6.42 Å². The summed E-state index contributed by atoms with van der Waals surface area (Å²) in [6, 6.07) is 0. The number of carbonyl (C=O) groups is 3. The van der Waals surface area contributed by atoms with Gasteiger partial charge in [0.25, 0.3) is 0 Å². The average Bonchev–Trinajstić information content (AvgIpc) is 3.01. The van der Waals surface area contributed by atoms with E-state index in [1.165, 1.54) is 20.8 Å². The normalized spacial score (nSPS) is 44.9. The molecular weight excluding hydrogens is 412 g/mol. The molecule has 0 heterocycles. The van der Waals surface area contributed by atoms with Crippen LogP contribution in [0.5, 0.6) is 0 Å². The molecule has 0 spiro atoms. The third-order valence-corrected chi connectivity index (χ3v) is 8.99. The molecule has 178 valence electrons. The van der Waals surface area contributed by atoms with Crippen molar-refractivity contribution < 1.29 is 33.7 Å². The molecule has 0 aromatic rings. The van der Waals surface area contributed by atoms with Gasteiger partial charge in [0, 0.05) is 32.1 Å². The van der Waals surface area contributed by atoms with E-state index in [4.69, 9.17) is 14.2 Å². The number of rotatable bonds is 3. The predicted octanol–water partition coefficient (Wildman–Crippen LogP) is 3.33. The first-order valence-corrected chi connectivity index (χ1v) is 11.9. The first-order valence-electron chi connectivity index (χ1n) is 11.9. The van der Waals surface area contributed by atoms with Gasteiger partial charge in [-0.15, -0.1) is 0 Å². The number of aliphatic hydroxyl groups excluding tert-OH is 1. The fourth-order valence-electron chi connectivity index (χ4n) is 7.64. The maximum atomic E-state index is 12.0. The van der Waals surface area contributed by atoms with E-state index in [0.717, 1.165) is 37.7 Å². The number of ether oxygens (including phenoxy) is 3. The number of fused-ring (bicyclic) bond motifs is 5. The van der Waals surface area contributed by atoms with E-state index in [9.17, 15) is 19.5 Å². The van der Waals surface area contributed by atoms with Crippen LogP contribution in [0.25, 0.3) is 0 Å². The van der Waals surface area contributed by atoms with Gasteiger partial charge in [0.2, 0.25) is 0 Å². The Hall–Kier alpha value is -1.89. The van der Waals surface area contributed by atoms with Gasteiger partial charge in [-0.2, -0.15) is 0 Å². The summed E-state index contributed by atoms with van der Waals surface area (Å²) in [5.74, 6) is -0.413. The maximum absolute atomic E-state index is 12.0. The van der Waals surface area contributed by atoms with Crippen molar-refractivity contribution in [3.05, 3.63) is 11.6 Å². The van der Waals surface area contributed by atoms with Gasteiger partial charge in [0.05, 0.1) is 0 Å². The topological polar surface area (TPSA) is 99.1 Å². The van der Waals surface area contributed by atoms with E-state index < -0.39 is 24.3 Å². The molecule has 0 radical (unpaired) electrons. The second kappa shape index (κ2) is 8.15. The van der Waals surface area contributed by atoms with E-state index >= 15 is 0 Å². The molecule has 0 saturated heterocycles. The molecule has 4 aliphatic carbocycles. The summed E-state index contributed by atoms with van der Waals surface area (Å²) in [7, 11) is 0. The highest BCUT2D eigenvalue weighted by Gasteiger charge is 2.63. The standard InChI is InChI=1S/C25H36O7/c1-13(26)30-19-9-11-24(4)17-8-10-25(5)16(6-7-21(25)32-15(3)28)22(17)20(31-14(2)27)12-18(24)23(19)29/h12,16-17,19-23,29H,6-11H2,1-5H3/t16?,17?,19-,20?,21-,22?,23+,24?,25?/m0/s1. The van der Waals surface area contributed by atoms with Crippen LogP contribution in [0.1, 0.15) is 73.1 Å². The second-order valence-corrected chi connectivity index (χ2v) is 10.8. The highest BCUT2D eigenvalue weighted by atomic mass is 16.6. The van der Waals surface area contributed by atoms with Crippen molar-refractivity contribution >= 4 is 17.9 Å². The smallest absolute Gasteiger partial charge is 0.303 e. The molecule has 32 heavy (non-hydrogen) atoms. The lowest BCUT2D eigenvalue weighted by Gasteiger charge is -2.59. The van der Waals surface area contributed by atoms with Crippen molar-refractivity contribution in [1.29, 1.82) is 0 Å². The molecule has 1 N–H and O–H groups in total. The Morgan fingerprint density at radius 3 is 2.16 bits per heavy atom. The maximum Gasteiger partial charge on any atom is 0.303 e. The molecule has 9 atom stereocenters. The number of hydrogen-bond donors (Lipinski definition) is 1.